The molecule has 1 aromatic carbocycles. The van der Waals surface area contributed by atoms with Crippen LogP contribution in [0.2, 0.25) is 0 Å². The maximum absolute atomic E-state index is 11.3. The molecule has 17 heavy (non-hydrogen) atoms. The average molecular weight is 232 g/mol. The highest BCUT2D eigenvalue weighted by Crippen LogP contribution is 2.12. The lowest BCUT2D eigenvalue weighted by atomic mass is 10.0. The summed E-state index contributed by atoms with van der Waals surface area (Å²) in [6.07, 6.45) is 0.271. The fraction of sp³-hybridized carbons (Fsp3) is 0.385. The molecule has 4 heteroatoms. The van der Waals surface area contributed by atoms with Crippen molar-refractivity contribution in [1.29, 1.82) is 5.26 Å². The molecule has 0 N–H and O–H groups in total. The van der Waals surface area contributed by atoms with Gasteiger partial charge in [-0.15, -0.1) is 0 Å². The summed E-state index contributed by atoms with van der Waals surface area (Å²) in [5.74, 6) is -0.250. The van der Waals surface area contributed by atoms with E-state index in [1.165, 1.54) is 7.11 Å². The van der Waals surface area contributed by atoms with Crippen molar-refractivity contribution >= 4 is 5.97 Å². The second kappa shape index (κ2) is 6.66. The van der Waals surface area contributed by atoms with Crippen molar-refractivity contribution in [2.45, 2.75) is 13.0 Å². The lowest BCUT2D eigenvalue weighted by Gasteiger charge is -2.15. The number of carbonyl (C=O) groups is 1. The van der Waals surface area contributed by atoms with E-state index in [-0.39, 0.29) is 12.4 Å². The summed E-state index contributed by atoms with van der Waals surface area (Å²) in [5.41, 5.74) is 2.00. The molecule has 0 saturated carbocycles. The van der Waals surface area contributed by atoms with Crippen LogP contribution in [0.5, 0.6) is 0 Å². The summed E-state index contributed by atoms with van der Waals surface area (Å²) in [4.78, 5) is 13.2. The Balaban J connectivity index is 2.77. The summed E-state index contributed by atoms with van der Waals surface area (Å²) in [7, 11) is 3.25. The minimum Gasteiger partial charge on any atom is -0.469 e. The number of esters is 1. The molecular weight excluding hydrogens is 216 g/mol. The molecule has 0 aliphatic carbocycles. The highest BCUT2D eigenvalue weighted by Gasteiger charge is 2.09. The normalized spacial score (nSPS) is 10.0. The molecule has 0 saturated heterocycles. The van der Waals surface area contributed by atoms with Crippen LogP contribution in [0.1, 0.15) is 11.1 Å². The summed E-state index contributed by atoms with van der Waals surface area (Å²) < 4.78 is 4.66. The monoisotopic (exact) mass is 232 g/mol. The second-order valence-electron chi connectivity index (χ2n) is 3.85. The standard InChI is InChI=1S/C13H16N2O2/c1-15(8-7-14)10-12-6-4-3-5-11(12)9-13(16)17-2/h3-6H,8-10H2,1-2H3. The summed E-state index contributed by atoms with van der Waals surface area (Å²) in [6, 6.07) is 9.79. The minimum absolute atomic E-state index is 0.250. The molecule has 90 valence electrons. The number of ether oxygens (including phenoxy) is 1. The first kappa shape index (κ1) is 13.2. The van der Waals surface area contributed by atoms with Crippen molar-refractivity contribution in [3.8, 4) is 6.07 Å². The van der Waals surface area contributed by atoms with E-state index in [1.807, 2.05) is 36.2 Å². The molecule has 0 amide bonds. The highest BCUT2D eigenvalue weighted by molar-refractivity contribution is 5.72. The molecule has 4 nitrogen and oxygen atoms in total. The molecule has 0 spiro atoms. The van der Waals surface area contributed by atoms with Gasteiger partial charge in [-0.25, -0.2) is 0 Å². The molecule has 0 aliphatic rings. The molecule has 0 radical (unpaired) electrons. The van der Waals surface area contributed by atoms with E-state index in [4.69, 9.17) is 5.26 Å². The molecular formula is C13H16N2O2. The number of nitriles is 1. The van der Waals surface area contributed by atoms with Crippen LogP contribution in [0.15, 0.2) is 24.3 Å². The quantitative estimate of drug-likeness (QED) is 0.568. The van der Waals surface area contributed by atoms with E-state index in [9.17, 15) is 4.79 Å². The number of carbonyl (C=O) groups excluding carboxylic acids is 1. The van der Waals surface area contributed by atoms with Crippen LogP contribution in [0.3, 0.4) is 0 Å². The van der Waals surface area contributed by atoms with E-state index < -0.39 is 0 Å². The first-order chi connectivity index (χ1) is 8.17. The van der Waals surface area contributed by atoms with Crippen molar-refractivity contribution < 1.29 is 9.53 Å². The first-order valence-electron chi connectivity index (χ1n) is 5.36. The number of hydrogen-bond donors (Lipinski definition) is 0. The molecule has 0 unspecified atom stereocenters. The Kier molecular flexibility index (Phi) is 5.18. The number of rotatable bonds is 5. The van der Waals surface area contributed by atoms with Crippen LogP contribution in [-0.4, -0.2) is 31.6 Å². The van der Waals surface area contributed by atoms with Crippen molar-refractivity contribution in [3.05, 3.63) is 35.4 Å². The van der Waals surface area contributed by atoms with E-state index >= 15 is 0 Å². The Morgan fingerprint density at radius 2 is 2.06 bits per heavy atom. The molecule has 1 rings (SSSR count). The summed E-state index contributed by atoms with van der Waals surface area (Å²) in [5, 5.41) is 8.60. The van der Waals surface area contributed by atoms with Crippen molar-refractivity contribution in [3.63, 3.8) is 0 Å². The van der Waals surface area contributed by atoms with E-state index in [2.05, 4.69) is 10.8 Å². The Morgan fingerprint density at radius 3 is 2.65 bits per heavy atom. The molecule has 0 fully saturated rings. The number of methoxy groups -OCH3 is 1. The van der Waals surface area contributed by atoms with Gasteiger partial charge >= 0.3 is 5.97 Å². The number of nitrogens with zero attached hydrogens (tertiary/aromatic N) is 2. The molecule has 0 bridgehead atoms. The Hall–Kier alpha value is -1.86. The fourth-order valence-electron chi connectivity index (χ4n) is 1.58. The van der Waals surface area contributed by atoms with Gasteiger partial charge in [0.15, 0.2) is 0 Å². The van der Waals surface area contributed by atoms with Gasteiger partial charge in [0.2, 0.25) is 0 Å². The molecule has 1 aromatic rings. The second-order valence-corrected chi connectivity index (χ2v) is 3.85. The number of benzene rings is 1. The Morgan fingerprint density at radius 1 is 1.41 bits per heavy atom. The Labute approximate surface area is 101 Å². The third kappa shape index (κ3) is 4.25. The van der Waals surface area contributed by atoms with Crippen molar-refractivity contribution in [2.24, 2.45) is 0 Å². The van der Waals surface area contributed by atoms with E-state index in [0.29, 0.717) is 13.1 Å². The SMILES string of the molecule is COC(=O)Cc1ccccc1CN(C)CC#N. The van der Waals surface area contributed by atoms with Gasteiger partial charge in [0.1, 0.15) is 0 Å². The lowest BCUT2D eigenvalue weighted by Crippen LogP contribution is -2.19. The first-order valence-corrected chi connectivity index (χ1v) is 5.36. The minimum atomic E-state index is -0.250. The van der Waals surface area contributed by atoms with Gasteiger partial charge in [0.25, 0.3) is 0 Å². The van der Waals surface area contributed by atoms with Crippen LogP contribution in [0.25, 0.3) is 0 Å². The zero-order chi connectivity index (χ0) is 12.7. The van der Waals surface area contributed by atoms with Gasteiger partial charge in [-0.1, -0.05) is 24.3 Å². The molecule has 0 aliphatic heterocycles. The Bertz CT molecular complexity index is 424. The summed E-state index contributed by atoms with van der Waals surface area (Å²) in [6.45, 7) is 1.02. The maximum atomic E-state index is 11.3. The highest BCUT2D eigenvalue weighted by atomic mass is 16.5. The van der Waals surface area contributed by atoms with E-state index in [0.717, 1.165) is 11.1 Å². The maximum Gasteiger partial charge on any atom is 0.309 e. The molecule has 0 atom stereocenters. The van der Waals surface area contributed by atoms with Crippen LogP contribution in [0.4, 0.5) is 0 Å². The molecule has 0 heterocycles. The fourth-order valence-corrected chi connectivity index (χ4v) is 1.58. The van der Waals surface area contributed by atoms with Crippen LogP contribution < -0.4 is 0 Å². The zero-order valence-electron chi connectivity index (χ0n) is 10.1. The molecule has 0 aromatic heterocycles. The van der Waals surface area contributed by atoms with E-state index in [1.54, 1.807) is 0 Å². The van der Waals surface area contributed by atoms with Crippen molar-refractivity contribution in [2.75, 3.05) is 20.7 Å². The van der Waals surface area contributed by atoms with Crippen LogP contribution >= 0.6 is 0 Å². The van der Waals surface area contributed by atoms with Crippen molar-refractivity contribution in [1.82, 2.24) is 4.90 Å². The zero-order valence-corrected chi connectivity index (χ0v) is 10.1. The van der Waals surface area contributed by atoms with Gasteiger partial charge in [0.05, 0.1) is 26.1 Å². The third-order valence-corrected chi connectivity index (χ3v) is 2.46. The smallest absolute Gasteiger partial charge is 0.309 e. The average Bonchev–Trinajstić information content (AvgIpc) is 2.31. The van der Waals surface area contributed by atoms with Gasteiger partial charge in [-0.2, -0.15) is 5.26 Å². The van der Waals surface area contributed by atoms with Crippen LogP contribution in [-0.2, 0) is 22.5 Å². The van der Waals surface area contributed by atoms with Gasteiger partial charge in [-0.05, 0) is 18.2 Å². The van der Waals surface area contributed by atoms with Gasteiger partial charge < -0.3 is 4.74 Å². The summed E-state index contributed by atoms with van der Waals surface area (Å²) >= 11 is 0. The largest absolute Gasteiger partial charge is 0.469 e. The van der Waals surface area contributed by atoms with Crippen LogP contribution in [0, 0.1) is 11.3 Å². The predicted molar refractivity (Wildman–Crippen MR) is 64.1 cm³/mol. The topological polar surface area (TPSA) is 53.3 Å². The third-order valence-electron chi connectivity index (χ3n) is 2.46. The predicted octanol–water partition coefficient (Wildman–Crippen LogP) is 1.36. The number of hydrogen-bond acceptors (Lipinski definition) is 4. The lowest BCUT2D eigenvalue weighted by molar-refractivity contribution is -0.139. The van der Waals surface area contributed by atoms with Gasteiger partial charge in [-0.3, -0.25) is 9.69 Å². The van der Waals surface area contributed by atoms with Gasteiger partial charge in [0, 0.05) is 6.54 Å².